The lowest BCUT2D eigenvalue weighted by Crippen LogP contribution is -2.03. The van der Waals surface area contributed by atoms with Gasteiger partial charge < -0.3 is 10.1 Å². The van der Waals surface area contributed by atoms with Crippen LogP contribution in [0.3, 0.4) is 0 Å². The van der Waals surface area contributed by atoms with Gasteiger partial charge in [-0.2, -0.15) is 5.10 Å². The van der Waals surface area contributed by atoms with E-state index in [4.69, 9.17) is 4.74 Å². The number of nitrogens with zero attached hydrogens (tertiary/aromatic N) is 2. The maximum absolute atomic E-state index is 13.1. The number of nitrogens with one attached hydrogen (secondary N) is 1. The normalized spacial score (nSPS) is 10.6. The van der Waals surface area contributed by atoms with E-state index in [-0.39, 0.29) is 0 Å². The molecule has 0 bridgehead atoms. The minimum Gasteiger partial charge on any atom is -0.481 e. The van der Waals surface area contributed by atoms with Gasteiger partial charge in [-0.05, 0) is 19.1 Å². The fourth-order valence-corrected chi connectivity index (χ4v) is 1.94. The largest absolute Gasteiger partial charge is 0.481 e. The second-order valence-electron chi connectivity index (χ2n) is 4.18. The SMILES string of the molecule is COc1c(CNc2ccc(F)c(F)c2)c(C)nn1C. The van der Waals surface area contributed by atoms with Gasteiger partial charge in [0.05, 0.1) is 18.4 Å². The molecular formula is C13H15F2N3O. The Morgan fingerprint density at radius 1 is 1.32 bits per heavy atom. The van der Waals surface area contributed by atoms with Crippen LogP contribution in [0.25, 0.3) is 0 Å². The summed E-state index contributed by atoms with van der Waals surface area (Å²) >= 11 is 0. The number of hydrogen-bond acceptors (Lipinski definition) is 3. The van der Waals surface area contributed by atoms with E-state index in [1.54, 1.807) is 18.8 Å². The molecule has 0 atom stereocenters. The molecule has 0 aliphatic heterocycles. The Labute approximate surface area is 110 Å². The molecule has 0 amide bonds. The molecule has 0 radical (unpaired) electrons. The predicted molar refractivity (Wildman–Crippen MR) is 68.2 cm³/mol. The van der Waals surface area contributed by atoms with Gasteiger partial charge in [0.1, 0.15) is 0 Å². The highest BCUT2D eigenvalue weighted by Crippen LogP contribution is 2.22. The molecule has 1 aromatic carbocycles. The van der Waals surface area contributed by atoms with Crippen molar-refractivity contribution in [3.05, 3.63) is 41.1 Å². The molecule has 6 heteroatoms. The number of aryl methyl sites for hydroxylation is 2. The molecule has 102 valence electrons. The zero-order chi connectivity index (χ0) is 14.0. The summed E-state index contributed by atoms with van der Waals surface area (Å²) in [5, 5.41) is 7.26. The van der Waals surface area contributed by atoms with Gasteiger partial charge >= 0.3 is 0 Å². The fourth-order valence-electron chi connectivity index (χ4n) is 1.94. The minimum atomic E-state index is -0.875. The molecule has 2 aromatic rings. The van der Waals surface area contributed by atoms with Crippen LogP contribution < -0.4 is 10.1 Å². The zero-order valence-corrected chi connectivity index (χ0v) is 11.0. The highest BCUT2D eigenvalue weighted by molar-refractivity contribution is 5.45. The van der Waals surface area contributed by atoms with E-state index < -0.39 is 11.6 Å². The Kier molecular flexibility index (Phi) is 3.69. The molecule has 0 saturated carbocycles. The number of hydrogen-bond donors (Lipinski definition) is 1. The van der Waals surface area contributed by atoms with Crippen LogP contribution >= 0.6 is 0 Å². The summed E-state index contributed by atoms with van der Waals surface area (Å²) in [6, 6.07) is 3.69. The van der Waals surface area contributed by atoms with Crippen molar-refractivity contribution in [1.82, 2.24) is 9.78 Å². The third kappa shape index (κ3) is 2.67. The summed E-state index contributed by atoms with van der Waals surface area (Å²) < 4.78 is 32.8. The summed E-state index contributed by atoms with van der Waals surface area (Å²) in [5.41, 5.74) is 2.22. The molecule has 19 heavy (non-hydrogen) atoms. The van der Waals surface area contributed by atoms with Crippen LogP contribution in [-0.4, -0.2) is 16.9 Å². The van der Waals surface area contributed by atoms with Crippen molar-refractivity contribution in [3.63, 3.8) is 0 Å². The van der Waals surface area contributed by atoms with Crippen LogP contribution in [0.1, 0.15) is 11.3 Å². The van der Waals surface area contributed by atoms with Crippen molar-refractivity contribution in [3.8, 4) is 5.88 Å². The lowest BCUT2D eigenvalue weighted by Gasteiger charge is -2.08. The van der Waals surface area contributed by atoms with Gasteiger partial charge in [0.2, 0.25) is 5.88 Å². The number of ether oxygens (including phenoxy) is 1. The molecule has 0 aliphatic rings. The first kappa shape index (κ1) is 13.3. The van der Waals surface area contributed by atoms with E-state index in [9.17, 15) is 8.78 Å². The number of halogens is 2. The first-order chi connectivity index (χ1) is 9.02. The standard InChI is InChI=1S/C13H15F2N3O/c1-8-10(13(19-3)18(2)17-8)7-16-9-4-5-11(14)12(15)6-9/h4-6,16H,7H2,1-3H3. The summed E-state index contributed by atoms with van der Waals surface area (Å²) in [5.74, 6) is -1.09. The van der Waals surface area contributed by atoms with E-state index >= 15 is 0 Å². The number of aromatic nitrogens is 2. The lowest BCUT2D eigenvalue weighted by atomic mass is 10.2. The average molecular weight is 267 g/mol. The fraction of sp³-hybridized carbons (Fsp3) is 0.308. The van der Waals surface area contributed by atoms with E-state index in [1.165, 1.54) is 6.07 Å². The van der Waals surface area contributed by atoms with Gasteiger partial charge in [-0.25, -0.2) is 13.5 Å². The monoisotopic (exact) mass is 267 g/mol. The number of benzene rings is 1. The van der Waals surface area contributed by atoms with Crippen LogP contribution in [0, 0.1) is 18.6 Å². The molecule has 0 fully saturated rings. The summed E-state index contributed by atoms with van der Waals surface area (Å²) in [7, 11) is 3.35. The van der Waals surface area contributed by atoms with Gasteiger partial charge in [-0.3, -0.25) is 0 Å². The Morgan fingerprint density at radius 3 is 2.68 bits per heavy atom. The van der Waals surface area contributed by atoms with E-state index in [0.717, 1.165) is 23.4 Å². The van der Waals surface area contributed by atoms with Crippen LogP contribution in [0.2, 0.25) is 0 Å². The first-order valence-corrected chi connectivity index (χ1v) is 5.78. The quantitative estimate of drug-likeness (QED) is 0.925. The topological polar surface area (TPSA) is 39.1 Å². The van der Waals surface area contributed by atoms with Gasteiger partial charge in [-0.1, -0.05) is 0 Å². The highest BCUT2D eigenvalue weighted by Gasteiger charge is 2.13. The van der Waals surface area contributed by atoms with E-state index in [2.05, 4.69) is 10.4 Å². The van der Waals surface area contributed by atoms with Crippen LogP contribution in [-0.2, 0) is 13.6 Å². The minimum absolute atomic E-state index is 0.425. The summed E-state index contributed by atoms with van der Waals surface area (Å²) in [4.78, 5) is 0. The van der Waals surface area contributed by atoms with Gasteiger partial charge in [-0.15, -0.1) is 0 Å². The zero-order valence-electron chi connectivity index (χ0n) is 11.0. The molecule has 1 N–H and O–H groups in total. The molecule has 0 saturated heterocycles. The Balaban J connectivity index is 2.16. The average Bonchev–Trinajstić information content (AvgIpc) is 2.64. The van der Waals surface area contributed by atoms with Gasteiger partial charge in [0.25, 0.3) is 0 Å². The van der Waals surface area contributed by atoms with Gasteiger partial charge in [0, 0.05) is 25.3 Å². The molecule has 1 aromatic heterocycles. The Morgan fingerprint density at radius 2 is 2.05 bits per heavy atom. The van der Waals surface area contributed by atoms with Crippen LogP contribution in [0.5, 0.6) is 5.88 Å². The first-order valence-electron chi connectivity index (χ1n) is 5.78. The predicted octanol–water partition coefficient (Wildman–Crippen LogP) is 2.63. The van der Waals surface area contributed by atoms with Crippen molar-refractivity contribution >= 4 is 5.69 Å². The third-order valence-electron chi connectivity index (χ3n) is 2.87. The molecular weight excluding hydrogens is 252 g/mol. The smallest absolute Gasteiger partial charge is 0.216 e. The Bertz CT molecular complexity index is 596. The Hall–Kier alpha value is -2.11. The molecule has 0 unspecified atom stereocenters. The van der Waals surface area contributed by atoms with E-state index in [0.29, 0.717) is 18.1 Å². The van der Waals surface area contributed by atoms with Crippen LogP contribution in [0.15, 0.2) is 18.2 Å². The van der Waals surface area contributed by atoms with Crippen LogP contribution in [0.4, 0.5) is 14.5 Å². The lowest BCUT2D eigenvalue weighted by molar-refractivity contribution is 0.370. The maximum atomic E-state index is 13.1. The molecule has 0 aliphatic carbocycles. The molecule has 4 nitrogen and oxygen atoms in total. The molecule has 1 heterocycles. The molecule has 0 spiro atoms. The third-order valence-corrected chi connectivity index (χ3v) is 2.87. The number of rotatable bonds is 4. The summed E-state index contributed by atoms with van der Waals surface area (Å²) in [6.45, 7) is 2.29. The van der Waals surface area contributed by atoms with Crippen molar-refractivity contribution in [2.45, 2.75) is 13.5 Å². The van der Waals surface area contributed by atoms with Crippen molar-refractivity contribution in [1.29, 1.82) is 0 Å². The second-order valence-corrected chi connectivity index (χ2v) is 4.18. The number of anilines is 1. The van der Waals surface area contributed by atoms with Crippen molar-refractivity contribution < 1.29 is 13.5 Å². The van der Waals surface area contributed by atoms with Gasteiger partial charge in [0.15, 0.2) is 11.6 Å². The maximum Gasteiger partial charge on any atom is 0.216 e. The molecule has 2 rings (SSSR count). The number of methoxy groups -OCH3 is 1. The van der Waals surface area contributed by atoms with E-state index in [1.807, 2.05) is 6.92 Å². The van der Waals surface area contributed by atoms with Crippen molar-refractivity contribution in [2.24, 2.45) is 7.05 Å². The van der Waals surface area contributed by atoms with Crippen molar-refractivity contribution in [2.75, 3.05) is 12.4 Å². The highest BCUT2D eigenvalue weighted by atomic mass is 19.2. The summed E-state index contributed by atoms with van der Waals surface area (Å²) in [6.07, 6.45) is 0. The second kappa shape index (κ2) is 5.26.